The van der Waals surface area contributed by atoms with Gasteiger partial charge in [0, 0.05) is 12.0 Å². The molecule has 0 saturated carbocycles. The van der Waals surface area contributed by atoms with Gasteiger partial charge in [0.05, 0.1) is 25.3 Å². The minimum Gasteiger partial charge on any atom is -0.467 e. The van der Waals surface area contributed by atoms with Gasteiger partial charge in [-0.3, -0.25) is 9.59 Å². The Balaban J connectivity index is 1.96. The van der Waals surface area contributed by atoms with Gasteiger partial charge in [0.15, 0.2) is 0 Å². The van der Waals surface area contributed by atoms with E-state index in [0.717, 1.165) is 0 Å². The summed E-state index contributed by atoms with van der Waals surface area (Å²) in [7, 11) is 1.23. The summed E-state index contributed by atoms with van der Waals surface area (Å²) in [5, 5.41) is 14.0. The lowest BCUT2D eigenvalue weighted by atomic mass is 10.0. The topological polar surface area (TPSA) is 108 Å². The molecule has 0 unspecified atom stereocenters. The first-order valence-corrected chi connectivity index (χ1v) is 8.23. The van der Waals surface area contributed by atoms with Gasteiger partial charge in [-0.15, -0.1) is 0 Å². The van der Waals surface area contributed by atoms with Crippen molar-refractivity contribution < 1.29 is 19.1 Å². The highest BCUT2D eigenvalue weighted by Crippen LogP contribution is 2.08. The van der Waals surface area contributed by atoms with Gasteiger partial charge < -0.3 is 15.4 Å². The molecule has 0 spiro atoms. The second-order valence-corrected chi connectivity index (χ2v) is 5.71. The number of nitriles is 1. The van der Waals surface area contributed by atoms with Crippen LogP contribution >= 0.6 is 0 Å². The lowest BCUT2D eigenvalue weighted by molar-refractivity contribution is -0.144. The first-order valence-electron chi connectivity index (χ1n) is 8.23. The molecule has 0 aliphatic carbocycles. The lowest BCUT2D eigenvalue weighted by Crippen LogP contribution is -2.47. The smallest absolute Gasteiger partial charge is 0.328 e. The zero-order chi connectivity index (χ0) is 19.6. The molecular weight excluding hydrogens is 346 g/mol. The normalized spacial score (nSPS) is 11.0. The minimum absolute atomic E-state index is 0.167. The molecule has 1 atom stereocenters. The molecule has 0 aliphatic rings. The number of esters is 1. The van der Waals surface area contributed by atoms with E-state index in [1.54, 1.807) is 54.6 Å². The predicted molar refractivity (Wildman–Crippen MR) is 97.6 cm³/mol. The number of carbonyl (C=O) groups excluding carboxylic acids is 3. The summed E-state index contributed by atoms with van der Waals surface area (Å²) in [5.41, 5.74) is 1.60. The van der Waals surface area contributed by atoms with E-state index in [1.165, 1.54) is 7.11 Å². The van der Waals surface area contributed by atoms with E-state index in [9.17, 15) is 14.4 Å². The van der Waals surface area contributed by atoms with Gasteiger partial charge in [-0.05, 0) is 29.8 Å². The molecule has 0 bridgehead atoms. The third kappa shape index (κ3) is 5.97. The van der Waals surface area contributed by atoms with Crippen molar-refractivity contribution in [3.05, 3.63) is 71.3 Å². The Morgan fingerprint density at radius 1 is 1.11 bits per heavy atom. The molecule has 27 heavy (non-hydrogen) atoms. The van der Waals surface area contributed by atoms with Crippen LogP contribution in [0.4, 0.5) is 0 Å². The predicted octanol–water partition coefficient (Wildman–Crippen LogP) is 1.19. The van der Waals surface area contributed by atoms with Crippen molar-refractivity contribution in [2.75, 3.05) is 13.7 Å². The van der Waals surface area contributed by atoms with Crippen LogP contribution in [-0.4, -0.2) is 37.5 Å². The van der Waals surface area contributed by atoms with Crippen molar-refractivity contribution in [1.82, 2.24) is 10.6 Å². The molecule has 2 N–H and O–H groups in total. The maximum Gasteiger partial charge on any atom is 0.328 e. The Morgan fingerprint density at radius 2 is 1.85 bits per heavy atom. The van der Waals surface area contributed by atoms with Crippen LogP contribution in [0, 0.1) is 11.3 Å². The van der Waals surface area contributed by atoms with E-state index in [0.29, 0.717) is 16.7 Å². The van der Waals surface area contributed by atoms with Gasteiger partial charge in [0.25, 0.3) is 5.91 Å². The largest absolute Gasteiger partial charge is 0.467 e. The van der Waals surface area contributed by atoms with E-state index in [4.69, 9.17) is 10.00 Å². The van der Waals surface area contributed by atoms with E-state index in [2.05, 4.69) is 10.6 Å². The maximum absolute atomic E-state index is 12.1. The molecule has 2 aromatic carbocycles. The number of carbonyl (C=O) groups is 3. The maximum atomic E-state index is 12.1. The standard InChI is InChI=1S/C20H19N3O4/c1-27-20(26)17(11-14-6-5-7-15(10-14)12-21)23-18(24)13-22-19(25)16-8-3-2-4-9-16/h2-10,17H,11,13H2,1H3,(H,22,25)(H,23,24)/t17-/m1/s1. The number of amides is 2. The Morgan fingerprint density at radius 3 is 2.52 bits per heavy atom. The molecule has 7 heteroatoms. The number of hydrogen-bond donors (Lipinski definition) is 2. The summed E-state index contributed by atoms with van der Waals surface area (Å²) in [5.74, 6) is -1.52. The molecule has 2 rings (SSSR count). The van der Waals surface area contributed by atoms with Gasteiger partial charge in [-0.2, -0.15) is 5.26 Å². The van der Waals surface area contributed by atoms with Gasteiger partial charge in [-0.25, -0.2) is 4.79 Å². The molecule has 0 aliphatic heterocycles. The van der Waals surface area contributed by atoms with Gasteiger partial charge >= 0.3 is 5.97 Å². The number of nitrogens with one attached hydrogen (secondary N) is 2. The van der Waals surface area contributed by atoms with Crippen molar-refractivity contribution in [2.45, 2.75) is 12.5 Å². The summed E-state index contributed by atoms with van der Waals surface area (Å²) in [6, 6.07) is 16.3. The number of methoxy groups -OCH3 is 1. The van der Waals surface area contributed by atoms with E-state index < -0.39 is 17.9 Å². The third-order valence-electron chi connectivity index (χ3n) is 3.76. The Labute approximate surface area is 156 Å². The van der Waals surface area contributed by atoms with Crippen LogP contribution in [0.25, 0.3) is 0 Å². The van der Waals surface area contributed by atoms with Crippen LogP contribution in [0.3, 0.4) is 0 Å². The third-order valence-corrected chi connectivity index (χ3v) is 3.76. The molecular formula is C20H19N3O4. The van der Waals surface area contributed by atoms with Crippen LogP contribution in [0.5, 0.6) is 0 Å². The average molecular weight is 365 g/mol. The van der Waals surface area contributed by atoms with E-state index in [-0.39, 0.29) is 18.9 Å². The molecule has 0 fully saturated rings. The fourth-order valence-electron chi connectivity index (χ4n) is 2.44. The number of hydrogen-bond acceptors (Lipinski definition) is 5. The van der Waals surface area contributed by atoms with Crippen molar-refractivity contribution >= 4 is 17.8 Å². The average Bonchev–Trinajstić information content (AvgIpc) is 2.71. The molecule has 0 radical (unpaired) electrons. The summed E-state index contributed by atoms with van der Waals surface area (Å²) in [4.78, 5) is 36.1. The van der Waals surface area contributed by atoms with Gasteiger partial charge in [0.2, 0.25) is 5.91 Å². The zero-order valence-corrected chi connectivity index (χ0v) is 14.8. The number of nitrogens with zero attached hydrogens (tertiary/aromatic N) is 1. The highest BCUT2D eigenvalue weighted by Gasteiger charge is 2.22. The number of ether oxygens (including phenoxy) is 1. The first kappa shape index (κ1) is 19.7. The summed E-state index contributed by atoms with van der Waals surface area (Å²) in [6.07, 6.45) is 0.167. The van der Waals surface area contributed by atoms with Gasteiger partial charge in [-0.1, -0.05) is 30.3 Å². The second-order valence-electron chi connectivity index (χ2n) is 5.71. The summed E-state index contributed by atoms with van der Waals surface area (Å²) < 4.78 is 4.73. The molecule has 7 nitrogen and oxygen atoms in total. The van der Waals surface area contributed by atoms with Crippen molar-refractivity contribution in [1.29, 1.82) is 5.26 Å². The molecule has 138 valence electrons. The fourth-order valence-corrected chi connectivity index (χ4v) is 2.44. The van der Waals surface area contributed by atoms with Crippen LogP contribution in [0.2, 0.25) is 0 Å². The molecule has 0 heterocycles. The quantitative estimate of drug-likeness (QED) is 0.717. The highest BCUT2D eigenvalue weighted by atomic mass is 16.5. The SMILES string of the molecule is COC(=O)[C@@H](Cc1cccc(C#N)c1)NC(=O)CNC(=O)c1ccccc1. The summed E-state index contributed by atoms with van der Waals surface area (Å²) in [6.45, 7) is -0.278. The minimum atomic E-state index is -0.926. The fraction of sp³-hybridized carbons (Fsp3) is 0.200. The molecule has 2 amide bonds. The molecule has 2 aromatic rings. The Kier molecular flexibility index (Phi) is 7.08. The zero-order valence-electron chi connectivity index (χ0n) is 14.8. The van der Waals surface area contributed by atoms with E-state index >= 15 is 0 Å². The van der Waals surface area contributed by atoms with Crippen LogP contribution in [0.1, 0.15) is 21.5 Å². The first-order chi connectivity index (χ1) is 13.0. The number of rotatable bonds is 7. The van der Waals surface area contributed by atoms with Crippen LogP contribution < -0.4 is 10.6 Å². The number of benzene rings is 2. The molecule has 0 saturated heterocycles. The van der Waals surface area contributed by atoms with Crippen molar-refractivity contribution in [3.8, 4) is 6.07 Å². The van der Waals surface area contributed by atoms with Gasteiger partial charge in [0.1, 0.15) is 6.04 Å². The van der Waals surface area contributed by atoms with Crippen LogP contribution in [0.15, 0.2) is 54.6 Å². The monoisotopic (exact) mass is 365 g/mol. The Bertz CT molecular complexity index is 859. The molecule has 0 aromatic heterocycles. The Hall–Kier alpha value is -3.66. The van der Waals surface area contributed by atoms with E-state index in [1.807, 2.05) is 6.07 Å². The lowest BCUT2D eigenvalue weighted by Gasteiger charge is -2.17. The second kappa shape index (κ2) is 9.73. The highest BCUT2D eigenvalue weighted by molar-refractivity contribution is 5.96. The van der Waals surface area contributed by atoms with Crippen LogP contribution in [-0.2, 0) is 20.7 Å². The van der Waals surface area contributed by atoms with Crippen molar-refractivity contribution in [3.63, 3.8) is 0 Å². The van der Waals surface area contributed by atoms with Crippen molar-refractivity contribution in [2.24, 2.45) is 0 Å². The summed E-state index contributed by atoms with van der Waals surface area (Å²) >= 11 is 0.